The number of benzene rings is 3. The normalized spacial score (nSPS) is 19.4. The molecule has 0 spiro atoms. The second kappa shape index (κ2) is 7.88. The number of rotatable bonds is 5. The SMILES string of the molecule is C=CCOc1ccc(C2=NN3[C@@H](c4ccc(Cl)cc4)Oc4ccccc4[C@@H]3C2)cc1. The molecule has 4 nitrogen and oxygen atoms in total. The molecule has 2 heterocycles. The summed E-state index contributed by atoms with van der Waals surface area (Å²) in [5, 5.41) is 7.76. The second-order valence-corrected chi connectivity index (χ2v) is 7.77. The molecule has 0 fully saturated rings. The number of hydrogen-bond acceptors (Lipinski definition) is 4. The molecule has 5 heteroatoms. The van der Waals surface area contributed by atoms with Crippen molar-refractivity contribution in [2.45, 2.75) is 18.7 Å². The summed E-state index contributed by atoms with van der Waals surface area (Å²) in [6, 6.07) is 24.2. The Morgan fingerprint density at radius 2 is 1.83 bits per heavy atom. The van der Waals surface area contributed by atoms with Gasteiger partial charge in [0.15, 0.2) is 0 Å². The minimum atomic E-state index is -0.296. The predicted molar refractivity (Wildman–Crippen MR) is 119 cm³/mol. The second-order valence-electron chi connectivity index (χ2n) is 7.33. The van der Waals surface area contributed by atoms with Crippen LogP contribution in [0.4, 0.5) is 0 Å². The predicted octanol–water partition coefficient (Wildman–Crippen LogP) is 6.15. The third-order valence-corrected chi connectivity index (χ3v) is 5.66. The van der Waals surface area contributed by atoms with Crippen LogP contribution in [0, 0.1) is 0 Å². The van der Waals surface area contributed by atoms with Crippen molar-refractivity contribution in [3.05, 3.63) is 107 Å². The molecular weight excluding hydrogens is 396 g/mol. The van der Waals surface area contributed by atoms with Crippen molar-refractivity contribution in [3.63, 3.8) is 0 Å². The van der Waals surface area contributed by atoms with E-state index in [1.807, 2.05) is 54.6 Å². The molecule has 0 saturated carbocycles. The van der Waals surface area contributed by atoms with E-state index in [1.165, 1.54) is 0 Å². The maximum Gasteiger partial charge on any atom is 0.213 e. The summed E-state index contributed by atoms with van der Waals surface area (Å²) < 4.78 is 12.0. The van der Waals surface area contributed by atoms with Crippen LogP contribution in [0.2, 0.25) is 5.02 Å². The number of nitrogens with zero attached hydrogens (tertiary/aromatic N) is 2. The zero-order valence-corrected chi connectivity index (χ0v) is 17.1. The van der Waals surface area contributed by atoms with Gasteiger partial charge in [-0.2, -0.15) is 5.10 Å². The van der Waals surface area contributed by atoms with Crippen LogP contribution in [0.25, 0.3) is 0 Å². The fourth-order valence-corrected chi connectivity index (χ4v) is 4.08. The van der Waals surface area contributed by atoms with E-state index in [4.69, 9.17) is 26.2 Å². The Morgan fingerprint density at radius 3 is 2.60 bits per heavy atom. The van der Waals surface area contributed by atoms with Crippen LogP contribution >= 0.6 is 11.6 Å². The third-order valence-electron chi connectivity index (χ3n) is 5.41. The lowest BCUT2D eigenvalue weighted by Gasteiger charge is -2.38. The molecule has 150 valence electrons. The molecule has 0 aliphatic carbocycles. The Hall–Kier alpha value is -3.24. The molecule has 3 aromatic carbocycles. The van der Waals surface area contributed by atoms with Gasteiger partial charge in [-0.3, -0.25) is 0 Å². The molecule has 0 unspecified atom stereocenters. The highest BCUT2D eigenvalue weighted by Gasteiger charge is 2.40. The lowest BCUT2D eigenvalue weighted by molar-refractivity contribution is -0.0190. The van der Waals surface area contributed by atoms with Crippen LogP contribution in [0.5, 0.6) is 11.5 Å². The number of hydrazone groups is 1. The molecule has 0 N–H and O–H groups in total. The van der Waals surface area contributed by atoms with Crippen molar-refractivity contribution >= 4 is 17.3 Å². The van der Waals surface area contributed by atoms with E-state index in [-0.39, 0.29) is 12.3 Å². The lowest BCUT2D eigenvalue weighted by Crippen LogP contribution is -2.33. The smallest absolute Gasteiger partial charge is 0.213 e. The largest absolute Gasteiger partial charge is 0.490 e. The Balaban J connectivity index is 1.49. The van der Waals surface area contributed by atoms with Crippen molar-refractivity contribution in [2.24, 2.45) is 5.10 Å². The van der Waals surface area contributed by atoms with E-state index in [0.717, 1.165) is 40.3 Å². The van der Waals surface area contributed by atoms with Crippen molar-refractivity contribution < 1.29 is 9.47 Å². The number of ether oxygens (including phenoxy) is 2. The molecule has 30 heavy (non-hydrogen) atoms. The zero-order chi connectivity index (χ0) is 20.5. The van der Waals surface area contributed by atoms with Gasteiger partial charge in [-0.05, 0) is 48.0 Å². The molecule has 2 atom stereocenters. The molecule has 0 saturated heterocycles. The first-order chi connectivity index (χ1) is 14.7. The van der Waals surface area contributed by atoms with Gasteiger partial charge < -0.3 is 9.47 Å². The highest BCUT2D eigenvalue weighted by molar-refractivity contribution is 6.30. The molecule has 0 amide bonds. The molecular formula is C25H21ClN2O2. The number of hydrogen-bond donors (Lipinski definition) is 0. The molecule has 2 aliphatic rings. The highest BCUT2D eigenvalue weighted by atomic mass is 35.5. The first kappa shape index (κ1) is 18.8. The van der Waals surface area contributed by atoms with Gasteiger partial charge in [-0.1, -0.05) is 54.6 Å². The molecule has 0 bridgehead atoms. The summed E-state index contributed by atoms with van der Waals surface area (Å²) in [5.41, 5.74) is 4.31. The summed E-state index contributed by atoms with van der Waals surface area (Å²) >= 11 is 6.09. The fourth-order valence-electron chi connectivity index (χ4n) is 3.95. The number of fused-ring (bicyclic) bond motifs is 3. The number of para-hydroxylation sites is 1. The Labute approximate surface area is 181 Å². The summed E-state index contributed by atoms with van der Waals surface area (Å²) in [6.45, 7) is 4.18. The summed E-state index contributed by atoms with van der Waals surface area (Å²) in [6.07, 6.45) is 2.26. The Bertz CT molecular complexity index is 1090. The van der Waals surface area contributed by atoms with Gasteiger partial charge in [-0.15, -0.1) is 0 Å². The maximum absolute atomic E-state index is 6.37. The van der Waals surface area contributed by atoms with Crippen molar-refractivity contribution in [2.75, 3.05) is 6.61 Å². The van der Waals surface area contributed by atoms with Crippen LogP contribution in [0.3, 0.4) is 0 Å². The maximum atomic E-state index is 6.37. The van der Waals surface area contributed by atoms with Gasteiger partial charge in [-0.25, -0.2) is 5.01 Å². The van der Waals surface area contributed by atoms with Crippen LogP contribution in [0.1, 0.15) is 35.4 Å². The average Bonchev–Trinajstić information content (AvgIpc) is 3.24. The molecule has 5 rings (SSSR count). The Kier molecular flexibility index (Phi) is 4.93. The van der Waals surface area contributed by atoms with E-state index < -0.39 is 0 Å². The number of halogens is 1. The quantitative estimate of drug-likeness (QED) is 0.468. The fraction of sp³-hybridized carbons (Fsp3) is 0.160. The first-order valence-electron chi connectivity index (χ1n) is 9.94. The van der Waals surface area contributed by atoms with Crippen molar-refractivity contribution in [1.29, 1.82) is 0 Å². The van der Waals surface area contributed by atoms with Gasteiger partial charge in [0.2, 0.25) is 6.23 Å². The van der Waals surface area contributed by atoms with Gasteiger partial charge >= 0.3 is 0 Å². The molecule has 0 aromatic heterocycles. The first-order valence-corrected chi connectivity index (χ1v) is 10.3. The molecule has 2 aliphatic heterocycles. The minimum absolute atomic E-state index is 0.127. The standard InChI is InChI=1S/C25H21ClN2O2/c1-2-15-29-20-13-9-17(10-14-20)22-16-23-21-5-3-4-6-24(21)30-25(28(23)27-22)18-7-11-19(26)12-8-18/h2-14,23,25H,1,15-16H2/t23-,25+/m0/s1. The topological polar surface area (TPSA) is 34.1 Å². The van der Waals surface area contributed by atoms with Crippen molar-refractivity contribution in [3.8, 4) is 11.5 Å². The monoisotopic (exact) mass is 416 g/mol. The van der Waals surface area contributed by atoms with Crippen LogP contribution in [0.15, 0.2) is 90.6 Å². The minimum Gasteiger partial charge on any atom is -0.490 e. The van der Waals surface area contributed by atoms with Gasteiger partial charge in [0, 0.05) is 22.6 Å². The molecule has 3 aromatic rings. The Morgan fingerprint density at radius 1 is 1.07 bits per heavy atom. The zero-order valence-electron chi connectivity index (χ0n) is 16.4. The van der Waals surface area contributed by atoms with Crippen LogP contribution in [-0.2, 0) is 0 Å². The lowest BCUT2D eigenvalue weighted by atomic mass is 9.96. The van der Waals surface area contributed by atoms with E-state index in [0.29, 0.717) is 11.6 Å². The summed E-state index contributed by atoms with van der Waals surface area (Å²) in [5.74, 6) is 1.73. The van der Waals surface area contributed by atoms with E-state index >= 15 is 0 Å². The third kappa shape index (κ3) is 3.44. The summed E-state index contributed by atoms with van der Waals surface area (Å²) in [7, 11) is 0. The molecule has 0 radical (unpaired) electrons. The van der Waals surface area contributed by atoms with E-state index in [9.17, 15) is 0 Å². The highest BCUT2D eigenvalue weighted by Crippen LogP contribution is 2.47. The van der Waals surface area contributed by atoms with Gasteiger partial charge in [0.1, 0.15) is 18.1 Å². The van der Waals surface area contributed by atoms with Gasteiger partial charge in [0.25, 0.3) is 0 Å². The van der Waals surface area contributed by atoms with E-state index in [2.05, 4.69) is 29.8 Å². The van der Waals surface area contributed by atoms with Crippen LogP contribution in [-0.4, -0.2) is 17.3 Å². The van der Waals surface area contributed by atoms with Gasteiger partial charge in [0.05, 0.1) is 11.8 Å². The summed E-state index contributed by atoms with van der Waals surface area (Å²) in [4.78, 5) is 0. The van der Waals surface area contributed by atoms with Crippen molar-refractivity contribution in [1.82, 2.24) is 5.01 Å². The van der Waals surface area contributed by atoms with E-state index in [1.54, 1.807) is 6.08 Å². The van der Waals surface area contributed by atoms with Crippen LogP contribution < -0.4 is 9.47 Å². The average molecular weight is 417 g/mol.